The molecule has 0 radical (unpaired) electrons. The van der Waals surface area contributed by atoms with Crippen molar-refractivity contribution in [3.8, 4) is 0 Å². The van der Waals surface area contributed by atoms with E-state index in [9.17, 15) is 23.7 Å². The summed E-state index contributed by atoms with van der Waals surface area (Å²) in [6.45, 7) is 1.04. The van der Waals surface area contributed by atoms with Crippen LogP contribution in [0.3, 0.4) is 0 Å². The van der Waals surface area contributed by atoms with Gasteiger partial charge in [-0.05, 0) is 6.92 Å². The number of halogens is 2. The van der Waals surface area contributed by atoms with Crippen molar-refractivity contribution in [3.63, 3.8) is 0 Å². The molecule has 1 aromatic rings. The SMILES string of the molecule is CC(=O)c1cc([N+](=O)[O-])c(F)cc1F. The number of hydrogen-bond donors (Lipinski definition) is 0. The summed E-state index contributed by atoms with van der Waals surface area (Å²) in [4.78, 5) is 20.0. The van der Waals surface area contributed by atoms with Gasteiger partial charge in [-0.2, -0.15) is 4.39 Å². The van der Waals surface area contributed by atoms with Gasteiger partial charge in [-0.15, -0.1) is 0 Å². The molecular weight excluding hydrogens is 196 g/mol. The maximum Gasteiger partial charge on any atom is 0.305 e. The van der Waals surface area contributed by atoms with Crippen molar-refractivity contribution in [2.24, 2.45) is 0 Å². The lowest BCUT2D eigenvalue weighted by molar-refractivity contribution is -0.387. The molecule has 1 rings (SSSR count). The Kier molecular flexibility index (Phi) is 2.55. The lowest BCUT2D eigenvalue weighted by atomic mass is 10.1. The molecule has 0 atom stereocenters. The minimum atomic E-state index is -1.29. The van der Waals surface area contributed by atoms with Gasteiger partial charge in [0.15, 0.2) is 5.78 Å². The van der Waals surface area contributed by atoms with Gasteiger partial charge in [0, 0.05) is 12.1 Å². The molecule has 0 heterocycles. The largest absolute Gasteiger partial charge is 0.305 e. The number of Topliss-reactive ketones (excluding diaryl/α,β-unsaturated/α-hetero) is 1. The van der Waals surface area contributed by atoms with Gasteiger partial charge in [-0.3, -0.25) is 14.9 Å². The first-order valence-corrected chi connectivity index (χ1v) is 3.58. The summed E-state index contributed by atoms with van der Waals surface area (Å²) in [5.74, 6) is -3.08. The summed E-state index contributed by atoms with van der Waals surface area (Å²) < 4.78 is 25.6. The third-order valence-corrected chi connectivity index (χ3v) is 1.61. The van der Waals surface area contributed by atoms with Crippen molar-refractivity contribution >= 4 is 11.5 Å². The fourth-order valence-corrected chi connectivity index (χ4v) is 0.947. The Labute approximate surface area is 77.3 Å². The van der Waals surface area contributed by atoms with Crippen molar-refractivity contribution in [2.45, 2.75) is 6.92 Å². The van der Waals surface area contributed by atoms with Crippen molar-refractivity contribution in [1.82, 2.24) is 0 Å². The molecule has 14 heavy (non-hydrogen) atoms. The van der Waals surface area contributed by atoms with Gasteiger partial charge in [0.05, 0.1) is 10.5 Å². The number of carbonyl (C=O) groups excluding carboxylic acids is 1. The second-order valence-electron chi connectivity index (χ2n) is 2.60. The van der Waals surface area contributed by atoms with Gasteiger partial charge < -0.3 is 0 Å². The molecule has 0 spiro atoms. The molecule has 4 nitrogen and oxygen atoms in total. The van der Waals surface area contributed by atoms with Gasteiger partial charge in [-0.25, -0.2) is 4.39 Å². The van der Waals surface area contributed by atoms with E-state index in [0.29, 0.717) is 12.1 Å². The topological polar surface area (TPSA) is 60.2 Å². The van der Waals surface area contributed by atoms with Crippen molar-refractivity contribution in [1.29, 1.82) is 0 Å². The number of benzene rings is 1. The van der Waals surface area contributed by atoms with Crippen molar-refractivity contribution in [2.75, 3.05) is 0 Å². The summed E-state index contributed by atoms with van der Waals surface area (Å²) in [5.41, 5.74) is -1.39. The molecule has 0 saturated heterocycles. The van der Waals surface area contributed by atoms with E-state index in [1.807, 2.05) is 0 Å². The molecular formula is C8H5F2NO3. The summed E-state index contributed by atoms with van der Waals surface area (Å²) in [6.07, 6.45) is 0. The fraction of sp³-hybridized carbons (Fsp3) is 0.125. The number of ketones is 1. The van der Waals surface area contributed by atoms with Gasteiger partial charge >= 0.3 is 5.69 Å². The predicted octanol–water partition coefficient (Wildman–Crippen LogP) is 2.08. The first kappa shape index (κ1) is 10.2. The highest BCUT2D eigenvalue weighted by Gasteiger charge is 2.20. The van der Waals surface area contributed by atoms with E-state index in [1.165, 1.54) is 0 Å². The molecule has 74 valence electrons. The van der Waals surface area contributed by atoms with Gasteiger partial charge in [0.1, 0.15) is 5.82 Å². The van der Waals surface area contributed by atoms with Gasteiger partial charge in [-0.1, -0.05) is 0 Å². The Morgan fingerprint density at radius 3 is 2.36 bits per heavy atom. The first-order chi connectivity index (χ1) is 6.43. The smallest absolute Gasteiger partial charge is 0.294 e. The Morgan fingerprint density at radius 2 is 1.93 bits per heavy atom. The van der Waals surface area contributed by atoms with Crippen LogP contribution in [0.15, 0.2) is 12.1 Å². The number of rotatable bonds is 2. The average Bonchev–Trinajstić information content (AvgIpc) is 2.02. The number of hydrogen-bond acceptors (Lipinski definition) is 3. The average molecular weight is 201 g/mol. The molecule has 0 fully saturated rings. The minimum Gasteiger partial charge on any atom is -0.294 e. The van der Waals surface area contributed by atoms with E-state index in [4.69, 9.17) is 0 Å². The van der Waals surface area contributed by atoms with Gasteiger partial charge in [0.2, 0.25) is 5.82 Å². The van der Waals surface area contributed by atoms with Crippen LogP contribution in [0.25, 0.3) is 0 Å². The monoisotopic (exact) mass is 201 g/mol. The second-order valence-corrected chi connectivity index (χ2v) is 2.60. The molecule has 0 unspecified atom stereocenters. The van der Waals surface area contributed by atoms with E-state index in [-0.39, 0.29) is 0 Å². The zero-order valence-corrected chi connectivity index (χ0v) is 7.08. The van der Waals surface area contributed by atoms with Crippen molar-refractivity contribution < 1.29 is 18.5 Å². The zero-order chi connectivity index (χ0) is 10.9. The van der Waals surface area contributed by atoms with Crippen LogP contribution in [0.5, 0.6) is 0 Å². The molecule has 0 N–H and O–H groups in total. The van der Waals surface area contributed by atoms with Crippen LogP contribution in [-0.2, 0) is 0 Å². The highest BCUT2D eigenvalue weighted by Crippen LogP contribution is 2.21. The van der Waals surface area contributed by atoms with E-state index >= 15 is 0 Å². The van der Waals surface area contributed by atoms with E-state index in [0.717, 1.165) is 6.92 Å². The fourth-order valence-electron chi connectivity index (χ4n) is 0.947. The van der Waals surface area contributed by atoms with Crippen LogP contribution in [0.4, 0.5) is 14.5 Å². The van der Waals surface area contributed by atoms with Crippen LogP contribution >= 0.6 is 0 Å². The molecule has 0 aliphatic heterocycles. The Balaban J connectivity index is 3.42. The number of nitrogens with zero attached hydrogens (tertiary/aromatic N) is 1. The minimum absolute atomic E-state index is 0.328. The van der Waals surface area contributed by atoms with E-state index in [2.05, 4.69) is 0 Å². The van der Waals surface area contributed by atoms with Crippen LogP contribution in [-0.4, -0.2) is 10.7 Å². The Morgan fingerprint density at radius 1 is 1.36 bits per heavy atom. The summed E-state index contributed by atoms with van der Waals surface area (Å²) in [5, 5.41) is 10.2. The highest BCUT2D eigenvalue weighted by molar-refractivity contribution is 5.94. The summed E-state index contributed by atoms with van der Waals surface area (Å²) in [6, 6.07) is 0.919. The summed E-state index contributed by atoms with van der Waals surface area (Å²) in [7, 11) is 0. The van der Waals surface area contributed by atoms with Crippen molar-refractivity contribution in [3.05, 3.63) is 39.4 Å². The first-order valence-electron chi connectivity index (χ1n) is 3.58. The molecule has 0 amide bonds. The van der Waals surface area contributed by atoms with Crippen LogP contribution < -0.4 is 0 Å². The number of carbonyl (C=O) groups is 1. The highest BCUT2D eigenvalue weighted by atomic mass is 19.1. The lowest BCUT2D eigenvalue weighted by Gasteiger charge is -1.99. The maximum absolute atomic E-state index is 12.9. The quantitative estimate of drug-likeness (QED) is 0.418. The standard InChI is InChI=1S/C8H5F2NO3/c1-4(12)5-2-8(11(13)14)7(10)3-6(5)9/h2-3H,1H3. The normalized spacial score (nSPS) is 9.93. The van der Waals surface area contributed by atoms with E-state index < -0.39 is 33.6 Å². The predicted molar refractivity (Wildman–Crippen MR) is 43.0 cm³/mol. The number of nitro benzene ring substituents is 1. The number of nitro groups is 1. The van der Waals surface area contributed by atoms with E-state index in [1.54, 1.807) is 0 Å². The summed E-state index contributed by atoms with van der Waals surface area (Å²) >= 11 is 0. The molecule has 0 aromatic heterocycles. The Hall–Kier alpha value is -1.85. The molecule has 0 aliphatic carbocycles. The molecule has 0 saturated carbocycles. The third kappa shape index (κ3) is 1.73. The van der Waals surface area contributed by atoms with Gasteiger partial charge in [0.25, 0.3) is 0 Å². The molecule has 1 aromatic carbocycles. The molecule has 0 bridgehead atoms. The maximum atomic E-state index is 12.9. The molecule has 6 heteroatoms. The molecule has 0 aliphatic rings. The lowest BCUT2D eigenvalue weighted by Crippen LogP contribution is -2.01. The van der Waals surface area contributed by atoms with Crippen LogP contribution in [0, 0.1) is 21.7 Å². The Bertz CT molecular complexity index is 382. The third-order valence-electron chi connectivity index (χ3n) is 1.61. The van der Waals surface area contributed by atoms with Crippen LogP contribution in [0.1, 0.15) is 17.3 Å². The van der Waals surface area contributed by atoms with Crippen LogP contribution in [0.2, 0.25) is 0 Å². The second kappa shape index (κ2) is 3.49. The zero-order valence-electron chi connectivity index (χ0n) is 7.08.